The smallest absolute Gasteiger partial charge is 0.327 e. The number of hydrogen-bond donors (Lipinski definition) is 1. The van der Waals surface area contributed by atoms with Crippen molar-refractivity contribution in [2.45, 2.75) is 38.4 Å². The molecule has 0 bridgehead atoms. The van der Waals surface area contributed by atoms with Crippen molar-refractivity contribution in [3.05, 3.63) is 53.3 Å². The van der Waals surface area contributed by atoms with Crippen LogP contribution in [0.4, 0.5) is 4.79 Å². The molecule has 4 amide bonds. The molecule has 0 radical (unpaired) electrons. The number of carbonyl (C=O) groups is 3. The lowest BCUT2D eigenvalue weighted by molar-refractivity contribution is -0.129. The first-order valence-electron chi connectivity index (χ1n) is 10.5. The topological polar surface area (TPSA) is 101 Å². The van der Waals surface area contributed by atoms with Gasteiger partial charge in [0.1, 0.15) is 6.04 Å². The summed E-state index contributed by atoms with van der Waals surface area (Å²) in [6.07, 6.45) is 4.43. The lowest BCUT2D eigenvalue weighted by Gasteiger charge is -2.29. The van der Waals surface area contributed by atoms with E-state index in [1.807, 2.05) is 24.3 Å². The van der Waals surface area contributed by atoms with Crippen LogP contribution in [0.2, 0.25) is 0 Å². The summed E-state index contributed by atoms with van der Waals surface area (Å²) in [6.45, 7) is 0.980. The second kappa shape index (κ2) is 9.25. The molecule has 1 aromatic heterocycles. The molecule has 1 aromatic carbocycles. The summed E-state index contributed by atoms with van der Waals surface area (Å²) in [5.41, 5.74) is 2.88. The Balaban J connectivity index is 1.34. The van der Waals surface area contributed by atoms with Crippen LogP contribution in [0.25, 0.3) is 0 Å². The molecule has 32 heavy (non-hydrogen) atoms. The van der Waals surface area contributed by atoms with E-state index in [4.69, 9.17) is 9.47 Å². The summed E-state index contributed by atoms with van der Waals surface area (Å²) in [7, 11) is 3.13. The van der Waals surface area contributed by atoms with Gasteiger partial charge >= 0.3 is 6.03 Å². The van der Waals surface area contributed by atoms with Crippen LogP contribution in [0.3, 0.4) is 0 Å². The number of hydrogen-bond acceptors (Lipinski definition) is 6. The molecular formula is C23H26N4O5. The minimum atomic E-state index is -0.520. The second-order valence-electron chi connectivity index (χ2n) is 7.83. The van der Waals surface area contributed by atoms with Gasteiger partial charge < -0.3 is 19.7 Å². The number of fused-ring (bicyclic) bond motifs is 2. The van der Waals surface area contributed by atoms with Crippen LogP contribution in [0.15, 0.2) is 36.7 Å². The molecule has 1 N–H and O–H groups in total. The van der Waals surface area contributed by atoms with Crippen molar-refractivity contribution in [3.63, 3.8) is 0 Å². The van der Waals surface area contributed by atoms with Crippen LogP contribution in [0, 0.1) is 0 Å². The van der Waals surface area contributed by atoms with Gasteiger partial charge in [-0.1, -0.05) is 0 Å². The predicted octanol–water partition coefficient (Wildman–Crippen LogP) is 1.88. The van der Waals surface area contributed by atoms with Gasteiger partial charge in [-0.05, 0) is 47.4 Å². The zero-order valence-electron chi connectivity index (χ0n) is 18.2. The number of ether oxygens (including phenoxy) is 2. The quantitative estimate of drug-likeness (QED) is 0.632. The van der Waals surface area contributed by atoms with Crippen molar-refractivity contribution in [1.82, 2.24) is 20.1 Å². The molecular weight excluding hydrogens is 412 g/mol. The maximum Gasteiger partial charge on any atom is 0.327 e. The van der Waals surface area contributed by atoms with Crippen LogP contribution < -0.4 is 14.8 Å². The van der Waals surface area contributed by atoms with Gasteiger partial charge in [0.2, 0.25) is 5.91 Å². The molecule has 1 atom stereocenters. The van der Waals surface area contributed by atoms with Gasteiger partial charge in [-0.3, -0.25) is 19.5 Å². The highest BCUT2D eigenvalue weighted by molar-refractivity contribution is 6.04. The molecule has 0 unspecified atom stereocenters. The van der Waals surface area contributed by atoms with Crippen molar-refractivity contribution in [2.75, 3.05) is 20.8 Å². The number of carbonyl (C=O) groups excluding carboxylic acids is 3. The molecule has 4 rings (SSSR count). The number of methoxy groups -OCH3 is 2. The fraction of sp³-hybridized carbons (Fsp3) is 0.391. The summed E-state index contributed by atoms with van der Waals surface area (Å²) in [4.78, 5) is 44.7. The van der Waals surface area contributed by atoms with E-state index in [1.165, 1.54) is 4.90 Å². The minimum absolute atomic E-state index is 0.120. The van der Waals surface area contributed by atoms with Crippen LogP contribution in [-0.4, -0.2) is 59.4 Å². The molecule has 9 nitrogen and oxygen atoms in total. The molecule has 3 heterocycles. The van der Waals surface area contributed by atoms with Gasteiger partial charge in [0, 0.05) is 44.9 Å². The normalized spacial score (nSPS) is 17.1. The fourth-order valence-corrected chi connectivity index (χ4v) is 4.16. The van der Waals surface area contributed by atoms with Crippen molar-refractivity contribution in [1.29, 1.82) is 0 Å². The summed E-state index contributed by atoms with van der Waals surface area (Å²) in [5, 5.41) is 2.84. The Bertz CT molecular complexity index is 976. The first kappa shape index (κ1) is 21.6. The molecule has 1 fully saturated rings. The van der Waals surface area contributed by atoms with Crippen molar-refractivity contribution >= 4 is 17.8 Å². The largest absolute Gasteiger partial charge is 0.493 e. The fourth-order valence-electron chi connectivity index (χ4n) is 4.16. The van der Waals surface area contributed by atoms with Gasteiger partial charge in [-0.25, -0.2) is 4.79 Å². The highest BCUT2D eigenvalue weighted by Gasteiger charge is 2.47. The average molecular weight is 438 g/mol. The van der Waals surface area contributed by atoms with E-state index in [0.29, 0.717) is 37.4 Å². The second-order valence-corrected chi connectivity index (χ2v) is 7.83. The summed E-state index contributed by atoms with van der Waals surface area (Å²) >= 11 is 0. The van der Waals surface area contributed by atoms with Crippen LogP contribution in [-0.2, 0) is 29.1 Å². The standard InChI is InChI=1S/C23H26N4O5/c1-31-19-11-16-10-18-22(29)26(23(30)27(18)14-17(16)12-20(19)32-2)9-3-4-21(28)25-13-15-5-7-24-8-6-15/h5-8,11-12,18H,3-4,9-10,13-14H2,1-2H3,(H,25,28)/t18-/m1/s1. The van der Waals surface area contributed by atoms with Gasteiger partial charge in [0.05, 0.1) is 14.2 Å². The summed E-state index contributed by atoms with van der Waals surface area (Å²) < 4.78 is 10.7. The third kappa shape index (κ3) is 4.23. The van der Waals surface area contributed by atoms with E-state index in [1.54, 1.807) is 31.5 Å². The molecule has 168 valence electrons. The summed E-state index contributed by atoms with van der Waals surface area (Å²) in [6, 6.07) is 6.57. The van der Waals surface area contributed by atoms with E-state index in [9.17, 15) is 14.4 Å². The number of nitrogens with zero attached hydrogens (tertiary/aromatic N) is 3. The van der Waals surface area contributed by atoms with E-state index in [2.05, 4.69) is 10.3 Å². The third-order valence-corrected chi connectivity index (χ3v) is 5.89. The lowest BCUT2D eigenvalue weighted by atomic mass is 9.94. The lowest BCUT2D eigenvalue weighted by Crippen LogP contribution is -2.40. The number of pyridine rings is 1. The Labute approximate surface area is 186 Å². The van der Waals surface area contributed by atoms with Crippen molar-refractivity contribution in [3.8, 4) is 11.5 Å². The van der Waals surface area contributed by atoms with Crippen LogP contribution in [0.5, 0.6) is 11.5 Å². The number of imide groups is 1. The Morgan fingerprint density at radius 3 is 2.50 bits per heavy atom. The number of nitrogens with one attached hydrogen (secondary N) is 1. The van der Waals surface area contributed by atoms with Gasteiger partial charge in [-0.15, -0.1) is 0 Å². The zero-order valence-corrected chi connectivity index (χ0v) is 18.2. The van der Waals surface area contributed by atoms with E-state index in [0.717, 1.165) is 16.7 Å². The molecule has 2 aromatic rings. The molecule has 0 spiro atoms. The molecule has 0 saturated carbocycles. The highest BCUT2D eigenvalue weighted by Crippen LogP contribution is 2.37. The molecule has 2 aliphatic rings. The van der Waals surface area contributed by atoms with Crippen LogP contribution >= 0.6 is 0 Å². The average Bonchev–Trinajstić information content (AvgIpc) is 3.05. The molecule has 9 heteroatoms. The first-order chi connectivity index (χ1) is 15.5. The van der Waals surface area contributed by atoms with E-state index < -0.39 is 6.04 Å². The number of rotatable bonds is 8. The Hall–Kier alpha value is -3.62. The third-order valence-electron chi connectivity index (χ3n) is 5.89. The van der Waals surface area contributed by atoms with Gasteiger partial charge in [-0.2, -0.15) is 0 Å². The molecule has 2 aliphatic heterocycles. The Morgan fingerprint density at radius 2 is 1.81 bits per heavy atom. The predicted molar refractivity (Wildman–Crippen MR) is 115 cm³/mol. The number of aromatic nitrogens is 1. The number of amides is 4. The monoisotopic (exact) mass is 438 g/mol. The van der Waals surface area contributed by atoms with Crippen molar-refractivity contribution in [2.24, 2.45) is 0 Å². The maximum atomic E-state index is 12.9. The minimum Gasteiger partial charge on any atom is -0.493 e. The first-order valence-corrected chi connectivity index (χ1v) is 10.5. The SMILES string of the molecule is COc1cc2c(cc1OC)CN1C(=O)N(CCCC(=O)NCc3ccncc3)C(=O)[C@H]1C2. The van der Waals surface area contributed by atoms with E-state index >= 15 is 0 Å². The highest BCUT2D eigenvalue weighted by atomic mass is 16.5. The molecule has 1 saturated heterocycles. The van der Waals surface area contributed by atoms with E-state index in [-0.39, 0.29) is 30.8 Å². The van der Waals surface area contributed by atoms with Gasteiger partial charge in [0.15, 0.2) is 11.5 Å². The zero-order chi connectivity index (χ0) is 22.7. The van der Waals surface area contributed by atoms with Crippen LogP contribution in [0.1, 0.15) is 29.5 Å². The van der Waals surface area contributed by atoms with Crippen molar-refractivity contribution < 1.29 is 23.9 Å². The Morgan fingerprint density at radius 1 is 1.12 bits per heavy atom. The number of benzene rings is 1. The Kier molecular flexibility index (Phi) is 6.25. The molecule has 0 aliphatic carbocycles. The number of urea groups is 1. The maximum absolute atomic E-state index is 12.9. The summed E-state index contributed by atoms with van der Waals surface area (Å²) in [5.74, 6) is 0.862. The van der Waals surface area contributed by atoms with Gasteiger partial charge in [0.25, 0.3) is 5.91 Å².